The smallest absolute Gasteiger partial charge is 0.255 e. The average Bonchev–Trinajstić information content (AvgIpc) is 3.64. The minimum atomic E-state index is -4.86. The van der Waals surface area contributed by atoms with Gasteiger partial charge in [0.25, 0.3) is 5.91 Å². The standard InChI is InChI=1S/C45H55ClN10O7S/c1-5-29-24-35(49-45-47-26-33(46)42(51-45)48-34-7-6-8-38(62-2)41(34)52-64(4,60)61)39(63-3)25-37(29)55-17-14-31(15-18-55)54-21-19-53(20-22-54)16-13-28-9-10-32-30(23-28)27-56(44(32)59)36-11-12-40(57)50-43(36)58/h6-10,23-26,31,36,52H,5,11-22,27H2,1-4H3,(H,50,57,58)(H2,47,48,49,51)/i3D3,4D3. The molecule has 0 bridgehead atoms. The molecule has 4 aromatic rings. The summed E-state index contributed by atoms with van der Waals surface area (Å²) in [7, 11) is -6.36. The van der Waals surface area contributed by atoms with E-state index in [0.717, 1.165) is 87.5 Å². The molecule has 17 nitrogen and oxygen atoms in total. The lowest BCUT2D eigenvalue weighted by atomic mass is 9.99. The minimum Gasteiger partial charge on any atom is -0.494 e. The lowest BCUT2D eigenvalue weighted by molar-refractivity contribution is -0.136. The highest BCUT2D eigenvalue weighted by Gasteiger charge is 2.39. The highest BCUT2D eigenvalue weighted by Crippen LogP contribution is 2.39. The zero-order chi connectivity index (χ0) is 50.1. The van der Waals surface area contributed by atoms with Crippen LogP contribution in [0.15, 0.2) is 54.7 Å². The van der Waals surface area contributed by atoms with Gasteiger partial charge in [-0.15, -0.1) is 0 Å². The predicted octanol–water partition coefficient (Wildman–Crippen LogP) is 5.16. The maximum Gasteiger partial charge on any atom is 0.255 e. The first-order valence-electron chi connectivity index (χ1n) is 24.3. The third kappa shape index (κ3) is 9.99. The van der Waals surface area contributed by atoms with Crippen molar-refractivity contribution in [2.45, 2.75) is 64.1 Å². The van der Waals surface area contributed by atoms with Gasteiger partial charge in [-0.05, 0) is 73.1 Å². The van der Waals surface area contributed by atoms with E-state index in [4.69, 9.17) is 29.3 Å². The number of rotatable bonds is 15. The maximum atomic E-state index is 13.2. The van der Waals surface area contributed by atoms with E-state index in [0.29, 0.717) is 31.0 Å². The number of hydrogen-bond donors (Lipinski definition) is 4. The zero-order valence-electron chi connectivity index (χ0n) is 41.6. The summed E-state index contributed by atoms with van der Waals surface area (Å²) in [6.45, 7) is 8.51. The van der Waals surface area contributed by atoms with Crippen LogP contribution in [-0.2, 0) is 39.0 Å². The van der Waals surface area contributed by atoms with Crippen LogP contribution in [0, 0.1) is 0 Å². The number of benzene rings is 3. The summed E-state index contributed by atoms with van der Waals surface area (Å²) in [5, 5.41) is 8.39. The van der Waals surface area contributed by atoms with Crippen LogP contribution in [0.1, 0.15) is 67.9 Å². The second-order valence-electron chi connectivity index (χ2n) is 16.3. The molecule has 0 saturated carbocycles. The molecule has 19 heteroatoms. The lowest BCUT2D eigenvalue weighted by Gasteiger charge is -2.43. The number of nitrogens with zero attached hydrogens (tertiary/aromatic N) is 6. The van der Waals surface area contributed by atoms with Crippen LogP contribution >= 0.6 is 11.6 Å². The molecule has 0 spiro atoms. The number of amides is 3. The van der Waals surface area contributed by atoms with Gasteiger partial charge in [0, 0.05) is 86.3 Å². The normalized spacial score (nSPS) is 20.5. The monoisotopic (exact) mass is 920 g/mol. The summed E-state index contributed by atoms with van der Waals surface area (Å²) in [6, 6.07) is 13.7. The van der Waals surface area contributed by atoms with Crippen molar-refractivity contribution in [3.63, 3.8) is 0 Å². The molecule has 64 heavy (non-hydrogen) atoms. The number of anilines is 6. The van der Waals surface area contributed by atoms with Crippen LogP contribution < -0.4 is 35.0 Å². The molecule has 3 aromatic carbocycles. The summed E-state index contributed by atoms with van der Waals surface area (Å²) in [5.74, 6) is -0.816. The molecule has 0 aliphatic carbocycles. The molecule has 340 valence electrons. The second kappa shape index (κ2) is 19.2. The second-order valence-corrected chi connectivity index (χ2v) is 17.9. The SMILES string of the molecule is [2H]C([2H])([2H])Oc1cc(N2CCC(N3CCN(CCc4ccc5c(c4)CN(C4CCC(=O)NC4=O)C5=O)CC3)CC2)c(CC)cc1Nc1ncc(Cl)c(Nc2cccc(OC)c2NS(=O)(=O)C([2H])([2H])[2H])n1. The number of aryl methyl sites for hydroxylation is 1. The topological polar surface area (TPSA) is 191 Å². The quantitative estimate of drug-likeness (QED) is 0.115. The molecule has 3 fully saturated rings. The molecule has 8 rings (SSSR count). The Bertz CT molecular complexity index is 2750. The molecule has 1 atom stereocenters. The van der Waals surface area contributed by atoms with Crippen molar-refractivity contribution in [2.75, 3.05) is 86.4 Å². The van der Waals surface area contributed by atoms with Gasteiger partial charge in [-0.3, -0.25) is 29.3 Å². The Hall–Kier alpha value is -5.69. The molecule has 4 N–H and O–H groups in total. The summed E-state index contributed by atoms with van der Waals surface area (Å²) in [6.07, 6.45) is 1.76. The number of piperazine rings is 1. The fourth-order valence-corrected chi connectivity index (χ4v) is 9.69. The van der Waals surface area contributed by atoms with Crippen LogP contribution in [-0.4, -0.2) is 129 Å². The van der Waals surface area contributed by atoms with Gasteiger partial charge < -0.3 is 34.8 Å². The molecule has 3 saturated heterocycles. The molecular formula is C45H55ClN10O7S. The van der Waals surface area contributed by atoms with E-state index in [1.54, 1.807) is 17.0 Å². The highest BCUT2D eigenvalue weighted by molar-refractivity contribution is 7.92. The minimum absolute atomic E-state index is 0.00784. The Morgan fingerprint density at radius 1 is 0.953 bits per heavy atom. The molecular weight excluding hydrogens is 860 g/mol. The van der Waals surface area contributed by atoms with Gasteiger partial charge in [-0.2, -0.15) is 4.98 Å². The number of carbonyl (C=O) groups excluding carboxylic acids is 3. The predicted molar refractivity (Wildman–Crippen MR) is 247 cm³/mol. The van der Waals surface area contributed by atoms with E-state index in [-0.39, 0.29) is 63.6 Å². The van der Waals surface area contributed by atoms with E-state index in [1.165, 1.54) is 25.4 Å². The summed E-state index contributed by atoms with van der Waals surface area (Å²) >= 11 is 6.49. The number of sulfonamides is 1. The van der Waals surface area contributed by atoms with Crippen molar-refractivity contribution in [2.24, 2.45) is 0 Å². The number of halogens is 1. The Balaban J connectivity index is 0.885. The molecule has 1 unspecified atom stereocenters. The van der Waals surface area contributed by atoms with Crippen molar-refractivity contribution >= 4 is 73.9 Å². The first kappa shape index (κ1) is 37.7. The molecule has 3 amide bonds. The third-order valence-electron chi connectivity index (χ3n) is 12.4. The fraction of sp³-hybridized carbons (Fsp3) is 0.444. The highest BCUT2D eigenvalue weighted by atomic mass is 35.5. The van der Waals surface area contributed by atoms with Crippen molar-refractivity contribution in [1.29, 1.82) is 0 Å². The Morgan fingerprint density at radius 3 is 2.50 bits per heavy atom. The number of imide groups is 1. The lowest BCUT2D eigenvalue weighted by Crippen LogP contribution is -2.53. The van der Waals surface area contributed by atoms with Crippen LogP contribution in [0.25, 0.3) is 0 Å². The van der Waals surface area contributed by atoms with E-state index in [1.807, 2.05) is 25.1 Å². The maximum absolute atomic E-state index is 13.2. The zero-order valence-corrected chi connectivity index (χ0v) is 37.2. The largest absolute Gasteiger partial charge is 0.494 e. The van der Waals surface area contributed by atoms with Gasteiger partial charge in [0.05, 0.1) is 42.0 Å². The number of piperidine rings is 2. The van der Waals surface area contributed by atoms with Crippen molar-refractivity contribution in [3.05, 3.63) is 82.0 Å². The van der Waals surface area contributed by atoms with Crippen LogP contribution in [0.3, 0.4) is 0 Å². The van der Waals surface area contributed by atoms with Gasteiger partial charge in [-0.25, -0.2) is 13.4 Å². The first-order chi connectivity index (χ1) is 33.2. The van der Waals surface area contributed by atoms with Gasteiger partial charge in [-0.1, -0.05) is 36.7 Å². The van der Waals surface area contributed by atoms with E-state index >= 15 is 0 Å². The number of methoxy groups -OCH3 is 2. The first-order valence-corrected chi connectivity index (χ1v) is 23.2. The van der Waals surface area contributed by atoms with Crippen LogP contribution in [0.2, 0.25) is 5.02 Å². The van der Waals surface area contributed by atoms with Crippen molar-refractivity contribution < 1.29 is 40.5 Å². The Kier molecular flexibility index (Phi) is 11.3. The van der Waals surface area contributed by atoms with Gasteiger partial charge in [0.15, 0.2) is 5.82 Å². The van der Waals surface area contributed by atoms with E-state index in [2.05, 4.69) is 51.4 Å². The number of para-hydroxylation sites is 1. The average molecular weight is 922 g/mol. The van der Waals surface area contributed by atoms with Gasteiger partial charge in [0.2, 0.25) is 27.8 Å². The van der Waals surface area contributed by atoms with Crippen molar-refractivity contribution in [1.82, 2.24) is 30.0 Å². The molecule has 4 aliphatic rings. The van der Waals surface area contributed by atoms with Gasteiger partial charge >= 0.3 is 0 Å². The number of aromatic nitrogens is 2. The summed E-state index contributed by atoms with van der Waals surface area (Å²) < 4.78 is 84.6. The number of ether oxygens (including phenoxy) is 2. The number of nitrogens with one attached hydrogen (secondary N) is 4. The number of fused-ring (bicyclic) bond motifs is 1. The van der Waals surface area contributed by atoms with Crippen LogP contribution in [0.5, 0.6) is 11.5 Å². The fourth-order valence-electron chi connectivity index (χ4n) is 9.08. The Morgan fingerprint density at radius 2 is 1.77 bits per heavy atom. The summed E-state index contributed by atoms with van der Waals surface area (Å²) in [5.41, 5.74) is 4.62. The molecule has 1 aromatic heterocycles. The molecule has 0 radical (unpaired) electrons. The molecule has 4 aliphatic heterocycles. The number of carbonyl (C=O) groups is 3. The summed E-state index contributed by atoms with van der Waals surface area (Å²) in [4.78, 5) is 54.9. The van der Waals surface area contributed by atoms with Crippen molar-refractivity contribution in [3.8, 4) is 11.5 Å². The number of hydrogen-bond acceptors (Lipinski definition) is 14. The molecule has 5 heterocycles. The van der Waals surface area contributed by atoms with E-state index in [9.17, 15) is 22.8 Å². The van der Waals surface area contributed by atoms with Crippen LogP contribution in [0.4, 0.5) is 34.5 Å². The third-order valence-corrected chi connectivity index (χ3v) is 13.2. The van der Waals surface area contributed by atoms with Gasteiger partial charge in [0.1, 0.15) is 28.3 Å². The van der Waals surface area contributed by atoms with E-state index < -0.39 is 35.2 Å². The Labute approximate surface area is 387 Å².